The predicted molar refractivity (Wildman–Crippen MR) is 50.5 cm³/mol. The lowest BCUT2D eigenvalue weighted by molar-refractivity contribution is -0.137. The zero-order valence-electron chi connectivity index (χ0n) is 6.74. The lowest BCUT2D eigenvalue weighted by Crippen LogP contribution is -2.04. The van der Waals surface area contributed by atoms with Crippen LogP contribution >= 0.6 is 27.5 Å². The minimum Gasteiger partial charge on any atom is -0.477 e. The van der Waals surface area contributed by atoms with Crippen molar-refractivity contribution in [2.75, 3.05) is 6.07 Å². The van der Waals surface area contributed by atoms with E-state index in [2.05, 4.69) is 15.9 Å². The van der Waals surface area contributed by atoms with Crippen LogP contribution in [0.25, 0.3) is 0 Å². The van der Waals surface area contributed by atoms with Gasteiger partial charge < -0.3 is 4.74 Å². The van der Waals surface area contributed by atoms with Crippen LogP contribution in [0.2, 0.25) is 0 Å². The molecule has 0 radical (unpaired) electrons. The van der Waals surface area contributed by atoms with Crippen molar-refractivity contribution in [3.05, 3.63) is 28.2 Å². The van der Waals surface area contributed by atoms with Crippen LogP contribution in [0.3, 0.4) is 0 Å². The lowest BCUT2D eigenvalue weighted by atomic mass is 10.2. The van der Waals surface area contributed by atoms with Crippen molar-refractivity contribution >= 4 is 27.5 Å². The number of hydrogen-bond donors (Lipinski definition) is 0. The number of alkyl halides is 4. The van der Waals surface area contributed by atoms with E-state index in [-0.39, 0.29) is 16.3 Å². The molecule has 0 atom stereocenters. The Morgan fingerprint density at radius 1 is 1.36 bits per heavy atom. The summed E-state index contributed by atoms with van der Waals surface area (Å²) in [6.07, 6.45) is -4.35. The Bertz CT molecular complexity index is 327. The van der Waals surface area contributed by atoms with Gasteiger partial charge in [0.15, 0.2) is 6.07 Å². The maximum atomic E-state index is 12.2. The highest BCUT2D eigenvalue weighted by atomic mass is 79.9. The third kappa shape index (κ3) is 2.78. The zero-order valence-corrected chi connectivity index (χ0v) is 9.08. The van der Waals surface area contributed by atoms with E-state index in [4.69, 9.17) is 16.3 Å². The molecule has 1 aromatic carbocycles. The second kappa shape index (κ2) is 4.40. The molecule has 6 heteroatoms. The summed E-state index contributed by atoms with van der Waals surface area (Å²) in [4.78, 5) is 0. The highest BCUT2D eigenvalue weighted by molar-refractivity contribution is 9.10. The van der Waals surface area contributed by atoms with E-state index >= 15 is 0 Å². The molecule has 0 saturated heterocycles. The molecule has 1 aromatic rings. The maximum Gasteiger partial charge on any atom is 0.416 e. The zero-order chi connectivity index (χ0) is 10.8. The Labute approximate surface area is 91.9 Å². The molecule has 0 fully saturated rings. The van der Waals surface area contributed by atoms with Crippen LogP contribution in [-0.4, -0.2) is 6.07 Å². The van der Waals surface area contributed by atoms with Gasteiger partial charge in [0.1, 0.15) is 5.75 Å². The summed E-state index contributed by atoms with van der Waals surface area (Å²) < 4.78 is 41.7. The lowest BCUT2D eigenvalue weighted by Gasteiger charge is -2.09. The van der Waals surface area contributed by atoms with Crippen molar-refractivity contribution in [3.63, 3.8) is 0 Å². The normalized spacial score (nSPS) is 11.5. The molecule has 0 spiro atoms. The summed E-state index contributed by atoms with van der Waals surface area (Å²) in [6, 6.07) is 2.99. The second-order valence-corrected chi connectivity index (χ2v) is 3.47. The molecule has 1 nitrogen and oxygen atoms in total. The standard InChI is InChI=1S/C8H5BrClF3O/c9-6-3-5(8(11,12)13)1-2-7(6)14-4-10/h1-3H,4H2. The topological polar surface area (TPSA) is 9.23 Å². The number of ether oxygens (including phenoxy) is 1. The van der Waals surface area contributed by atoms with Crippen LogP contribution in [0.4, 0.5) is 13.2 Å². The van der Waals surface area contributed by atoms with Gasteiger partial charge in [-0.05, 0) is 34.1 Å². The van der Waals surface area contributed by atoms with Crippen LogP contribution in [-0.2, 0) is 6.18 Å². The predicted octanol–water partition coefficient (Wildman–Crippen LogP) is 4.04. The van der Waals surface area contributed by atoms with E-state index in [0.717, 1.165) is 12.1 Å². The highest BCUT2D eigenvalue weighted by Crippen LogP contribution is 2.34. The first-order valence-electron chi connectivity index (χ1n) is 3.50. The van der Waals surface area contributed by atoms with Crippen LogP contribution in [0, 0.1) is 0 Å². The van der Waals surface area contributed by atoms with Crippen LogP contribution < -0.4 is 4.74 Å². The first-order valence-corrected chi connectivity index (χ1v) is 4.83. The molecule has 0 amide bonds. The van der Waals surface area contributed by atoms with Crippen molar-refractivity contribution < 1.29 is 17.9 Å². The van der Waals surface area contributed by atoms with Gasteiger partial charge in [0.25, 0.3) is 0 Å². The molecule has 0 bridgehead atoms. The van der Waals surface area contributed by atoms with Gasteiger partial charge in [0, 0.05) is 0 Å². The highest BCUT2D eigenvalue weighted by Gasteiger charge is 2.30. The van der Waals surface area contributed by atoms with E-state index in [1.807, 2.05) is 0 Å². The third-order valence-corrected chi connectivity index (χ3v) is 2.20. The fourth-order valence-corrected chi connectivity index (χ4v) is 1.46. The molecule has 14 heavy (non-hydrogen) atoms. The fourth-order valence-electron chi connectivity index (χ4n) is 0.853. The summed E-state index contributed by atoms with van der Waals surface area (Å²) in [5.74, 6) is 0.285. The summed E-state index contributed by atoms with van der Waals surface area (Å²) in [7, 11) is 0. The smallest absolute Gasteiger partial charge is 0.416 e. The summed E-state index contributed by atoms with van der Waals surface area (Å²) in [5, 5.41) is 0. The molecule has 0 aliphatic carbocycles. The van der Waals surface area contributed by atoms with Crippen LogP contribution in [0.5, 0.6) is 5.75 Å². The summed E-state index contributed by atoms with van der Waals surface area (Å²) in [5.41, 5.74) is -0.730. The number of benzene rings is 1. The Morgan fingerprint density at radius 2 is 2.00 bits per heavy atom. The van der Waals surface area contributed by atoms with E-state index in [1.165, 1.54) is 6.07 Å². The molecule has 1 rings (SSSR count). The van der Waals surface area contributed by atoms with Crippen molar-refractivity contribution in [1.29, 1.82) is 0 Å². The van der Waals surface area contributed by atoms with E-state index < -0.39 is 11.7 Å². The maximum absolute atomic E-state index is 12.2. The SMILES string of the molecule is FC(F)(F)c1ccc(OCCl)c(Br)c1. The molecule has 0 N–H and O–H groups in total. The van der Waals surface area contributed by atoms with Gasteiger partial charge in [0.2, 0.25) is 0 Å². The van der Waals surface area contributed by atoms with Crippen LogP contribution in [0.15, 0.2) is 22.7 Å². The molecule has 0 saturated carbocycles. The first-order chi connectivity index (χ1) is 6.45. The number of hydrogen-bond acceptors (Lipinski definition) is 1. The number of halogens is 5. The molecule has 0 aliphatic heterocycles. The number of rotatable bonds is 2. The van der Waals surface area contributed by atoms with Crippen molar-refractivity contribution in [3.8, 4) is 5.75 Å². The summed E-state index contributed by atoms with van der Waals surface area (Å²) >= 11 is 8.23. The molecular formula is C8H5BrClF3O. The first kappa shape index (κ1) is 11.7. The monoisotopic (exact) mass is 288 g/mol. The van der Waals surface area contributed by atoms with Crippen LogP contribution in [0.1, 0.15) is 5.56 Å². The van der Waals surface area contributed by atoms with Gasteiger partial charge >= 0.3 is 6.18 Å². The van der Waals surface area contributed by atoms with Gasteiger partial charge in [-0.3, -0.25) is 0 Å². The largest absolute Gasteiger partial charge is 0.477 e. The van der Waals surface area contributed by atoms with Crippen molar-refractivity contribution in [1.82, 2.24) is 0 Å². The molecule has 0 unspecified atom stereocenters. The summed E-state index contributed by atoms with van der Waals surface area (Å²) in [6.45, 7) is 0. The van der Waals surface area contributed by atoms with E-state index in [1.54, 1.807) is 0 Å². The van der Waals surface area contributed by atoms with E-state index in [0.29, 0.717) is 0 Å². The molecule has 0 heterocycles. The van der Waals surface area contributed by atoms with Gasteiger partial charge in [-0.15, -0.1) is 0 Å². The van der Waals surface area contributed by atoms with Gasteiger partial charge in [-0.1, -0.05) is 11.6 Å². The Kier molecular flexibility index (Phi) is 3.66. The molecule has 0 aliphatic rings. The van der Waals surface area contributed by atoms with Gasteiger partial charge in [-0.25, -0.2) is 0 Å². The third-order valence-electron chi connectivity index (χ3n) is 1.47. The van der Waals surface area contributed by atoms with E-state index in [9.17, 15) is 13.2 Å². The average Bonchev–Trinajstić information content (AvgIpc) is 2.07. The van der Waals surface area contributed by atoms with Gasteiger partial charge in [-0.2, -0.15) is 13.2 Å². The second-order valence-electron chi connectivity index (χ2n) is 2.40. The molecule has 78 valence electrons. The minimum atomic E-state index is -4.35. The van der Waals surface area contributed by atoms with Crippen molar-refractivity contribution in [2.45, 2.75) is 6.18 Å². The average molecular weight is 289 g/mol. The quantitative estimate of drug-likeness (QED) is 0.747. The molecule has 0 aromatic heterocycles. The Hall–Kier alpha value is -0.420. The fraction of sp³-hybridized carbons (Fsp3) is 0.250. The molecular weight excluding hydrogens is 284 g/mol. The van der Waals surface area contributed by atoms with Crippen molar-refractivity contribution in [2.24, 2.45) is 0 Å². The van der Waals surface area contributed by atoms with Gasteiger partial charge in [0.05, 0.1) is 10.0 Å². The Morgan fingerprint density at radius 3 is 2.43 bits per heavy atom. The minimum absolute atomic E-state index is 0.107. The Balaban J connectivity index is 3.01.